The molecule has 0 saturated carbocycles. The number of aromatic nitrogens is 3. The van der Waals surface area contributed by atoms with Gasteiger partial charge in [0.05, 0.1) is 31.0 Å². The molecule has 37 heavy (non-hydrogen) atoms. The zero-order valence-electron chi connectivity index (χ0n) is 22.1. The van der Waals surface area contributed by atoms with Crippen LogP contribution in [0, 0.1) is 0 Å². The fraction of sp³-hybridized carbons (Fsp3) is 0.407. The van der Waals surface area contributed by atoms with Gasteiger partial charge in [0.2, 0.25) is 0 Å². The highest BCUT2D eigenvalue weighted by Gasteiger charge is 2.26. The van der Waals surface area contributed by atoms with Crippen molar-refractivity contribution in [2.75, 3.05) is 42.2 Å². The lowest BCUT2D eigenvalue weighted by Crippen LogP contribution is -2.53. The molecule has 0 bridgehead atoms. The van der Waals surface area contributed by atoms with Gasteiger partial charge in [-0.15, -0.1) is 0 Å². The molecule has 1 aromatic carbocycles. The lowest BCUT2D eigenvalue weighted by molar-refractivity contribution is 0.0230. The van der Waals surface area contributed by atoms with Crippen molar-refractivity contribution in [3.8, 4) is 11.1 Å². The number of pyridine rings is 1. The molecule has 10 nitrogen and oxygen atoms in total. The highest BCUT2D eigenvalue weighted by Crippen LogP contribution is 2.24. The van der Waals surface area contributed by atoms with E-state index in [0.717, 1.165) is 11.1 Å². The van der Waals surface area contributed by atoms with Crippen LogP contribution in [0.4, 0.5) is 16.3 Å². The first-order valence-corrected chi connectivity index (χ1v) is 12.5. The fourth-order valence-electron chi connectivity index (χ4n) is 3.99. The van der Waals surface area contributed by atoms with Gasteiger partial charge in [-0.3, -0.25) is 9.80 Å². The molecule has 1 aliphatic heterocycles. The predicted molar refractivity (Wildman–Crippen MR) is 144 cm³/mol. The second kappa shape index (κ2) is 10.5. The van der Waals surface area contributed by atoms with Crippen molar-refractivity contribution in [1.29, 1.82) is 0 Å². The molecule has 0 unspecified atom stereocenters. The first-order chi connectivity index (χ1) is 17.5. The molecule has 196 valence electrons. The number of nitrogens with one attached hydrogen (secondary N) is 1. The van der Waals surface area contributed by atoms with E-state index in [2.05, 4.69) is 29.2 Å². The van der Waals surface area contributed by atoms with Crippen LogP contribution in [-0.2, 0) is 4.74 Å². The summed E-state index contributed by atoms with van der Waals surface area (Å²) in [5.41, 5.74) is 9.24. The third-order valence-electron chi connectivity index (χ3n) is 6.10. The lowest BCUT2D eigenvalue weighted by Gasteiger charge is -2.36. The van der Waals surface area contributed by atoms with E-state index in [1.807, 2.05) is 56.2 Å². The third-order valence-corrected chi connectivity index (χ3v) is 6.10. The average molecular weight is 506 g/mol. The van der Waals surface area contributed by atoms with Crippen LogP contribution in [0.3, 0.4) is 0 Å². The molecule has 1 fully saturated rings. The van der Waals surface area contributed by atoms with Gasteiger partial charge in [-0.2, -0.15) is 9.89 Å². The Bertz CT molecular complexity index is 1250. The number of anilines is 2. The third kappa shape index (κ3) is 6.38. The van der Waals surface area contributed by atoms with E-state index in [9.17, 15) is 9.59 Å². The first-order valence-electron chi connectivity index (χ1n) is 12.5. The molecular formula is C27H35N7O3. The van der Waals surface area contributed by atoms with Crippen LogP contribution >= 0.6 is 0 Å². The summed E-state index contributed by atoms with van der Waals surface area (Å²) in [7, 11) is 0. The predicted octanol–water partition coefficient (Wildman–Crippen LogP) is 4.09. The highest BCUT2D eigenvalue weighted by atomic mass is 16.6. The van der Waals surface area contributed by atoms with Crippen LogP contribution in [0.5, 0.6) is 0 Å². The number of carbonyl (C=O) groups excluding carboxylic acids is 2. The maximum atomic E-state index is 13.0. The minimum Gasteiger partial charge on any atom is -0.444 e. The number of benzene rings is 1. The van der Waals surface area contributed by atoms with Crippen molar-refractivity contribution >= 4 is 23.5 Å². The molecule has 2 aromatic heterocycles. The van der Waals surface area contributed by atoms with E-state index >= 15 is 0 Å². The quantitative estimate of drug-likeness (QED) is 0.536. The summed E-state index contributed by atoms with van der Waals surface area (Å²) in [4.78, 5) is 33.0. The number of amides is 2. The van der Waals surface area contributed by atoms with Gasteiger partial charge in [0.1, 0.15) is 11.4 Å². The Hall–Kier alpha value is -4.08. The molecule has 0 spiro atoms. The maximum absolute atomic E-state index is 13.0. The Morgan fingerprint density at radius 1 is 1.03 bits per heavy atom. The zero-order chi connectivity index (χ0) is 26.7. The first kappa shape index (κ1) is 26.0. The SMILES string of the molecule is CC(C)c1ccc(NC(=O)c2cc(-c3cnn(N4CCN(C(=O)OC(C)(C)C)CC4)c3)cnc2N)cc1. The normalized spacial score (nSPS) is 14.1. The molecule has 2 amide bonds. The Balaban J connectivity index is 1.42. The topological polar surface area (TPSA) is 119 Å². The standard InChI is InChI=1S/C27H35N7O3/c1-18(2)19-6-8-22(9-7-19)31-25(35)23-14-20(15-29-24(23)28)21-16-30-34(17-21)33-12-10-32(11-13-33)26(36)37-27(3,4)5/h6-9,14-18H,10-13H2,1-5H3,(H2,28,29)(H,31,35). The van der Waals surface area contributed by atoms with E-state index in [1.54, 1.807) is 28.2 Å². The van der Waals surface area contributed by atoms with Gasteiger partial charge in [-0.1, -0.05) is 26.0 Å². The maximum Gasteiger partial charge on any atom is 0.410 e. The minimum atomic E-state index is -0.521. The van der Waals surface area contributed by atoms with Crippen molar-refractivity contribution in [1.82, 2.24) is 19.8 Å². The summed E-state index contributed by atoms with van der Waals surface area (Å²) >= 11 is 0. The van der Waals surface area contributed by atoms with Crippen LogP contribution in [-0.4, -0.2) is 63.6 Å². The molecule has 1 saturated heterocycles. The highest BCUT2D eigenvalue weighted by molar-refractivity contribution is 6.07. The van der Waals surface area contributed by atoms with Gasteiger partial charge in [0, 0.05) is 36.1 Å². The molecule has 0 atom stereocenters. The number of nitrogen functional groups attached to an aromatic ring is 1. The average Bonchev–Trinajstić information content (AvgIpc) is 3.34. The van der Waals surface area contributed by atoms with Gasteiger partial charge in [-0.25, -0.2) is 9.78 Å². The molecule has 1 aliphatic rings. The summed E-state index contributed by atoms with van der Waals surface area (Å²) in [6, 6.07) is 9.49. The molecular weight excluding hydrogens is 470 g/mol. The smallest absolute Gasteiger partial charge is 0.410 e. The Kier molecular flexibility index (Phi) is 7.37. The van der Waals surface area contributed by atoms with E-state index < -0.39 is 5.60 Å². The number of carbonyl (C=O) groups is 2. The largest absolute Gasteiger partial charge is 0.444 e. The van der Waals surface area contributed by atoms with Crippen molar-refractivity contribution < 1.29 is 14.3 Å². The van der Waals surface area contributed by atoms with Crippen LogP contribution in [0.25, 0.3) is 11.1 Å². The number of ether oxygens (including phenoxy) is 1. The second-order valence-corrected chi connectivity index (χ2v) is 10.5. The van der Waals surface area contributed by atoms with Crippen LogP contribution in [0.15, 0.2) is 48.9 Å². The Morgan fingerprint density at radius 3 is 2.32 bits per heavy atom. The van der Waals surface area contributed by atoms with E-state index in [-0.39, 0.29) is 17.8 Å². The number of rotatable bonds is 5. The van der Waals surface area contributed by atoms with Crippen molar-refractivity contribution in [2.45, 2.75) is 46.1 Å². The molecule has 10 heteroatoms. The monoisotopic (exact) mass is 505 g/mol. The second-order valence-electron chi connectivity index (χ2n) is 10.5. The number of hydrogen-bond donors (Lipinski definition) is 2. The molecule has 0 aliphatic carbocycles. The Morgan fingerprint density at radius 2 is 1.70 bits per heavy atom. The summed E-state index contributed by atoms with van der Waals surface area (Å²) in [6.07, 6.45) is 4.93. The van der Waals surface area contributed by atoms with Crippen molar-refractivity contribution in [3.05, 3.63) is 60.0 Å². The lowest BCUT2D eigenvalue weighted by atomic mass is 10.0. The van der Waals surface area contributed by atoms with Gasteiger partial charge in [0.25, 0.3) is 5.91 Å². The van der Waals surface area contributed by atoms with E-state index in [4.69, 9.17) is 10.5 Å². The number of nitrogens with two attached hydrogens (primary N) is 1. The summed E-state index contributed by atoms with van der Waals surface area (Å²) in [6.45, 7) is 12.1. The van der Waals surface area contributed by atoms with E-state index in [0.29, 0.717) is 43.3 Å². The van der Waals surface area contributed by atoms with Gasteiger partial charge >= 0.3 is 6.09 Å². The van der Waals surface area contributed by atoms with Gasteiger partial charge < -0.3 is 20.7 Å². The molecule has 3 N–H and O–H groups in total. The van der Waals surface area contributed by atoms with Crippen LogP contribution in [0.2, 0.25) is 0 Å². The Labute approximate surface area is 217 Å². The molecule has 3 heterocycles. The van der Waals surface area contributed by atoms with Crippen molar-refractivity contribution in [2.24, 2.45) is 0 Å². The number of nitrogens with zero attached hydrogens (tertiary/aromatic N) is 5. The summed E-state index contributed by atoms with van der Waals surface area (Å²) < 4.78 is 5.47. The van der Waals surface area contributed by atoms with Crippen LogP contribution < -0.4 is 16.1 Å². The van der Waals surface area contributed by atoms with E-state index in [1.165, 1.54) is 5.56 Å². The zero-order valence-corrected chi connectivity index (χ0v) is 22.1. The fourth-order valence-corrected chi connectivity index (χ4v) is 3.99. The number of piperazine rings is 1. The minimum absolute atomic E-state index is 0.158. The van der Waals surface area contributed by atoms with Gasteiger partial charge in [0.15, 0.2) is 0 Å². The molecule has 0 radical (unpaired) electrons. The molecule has 4 rings (SSSR count). The van der Waals surface area contributed by atoms with Crippen molar-refractivity contribution in [3.63, 3.8) is 0 Å². The number of hydrogen-bond acceptors (Lipinski definition) is 7. The van der Waals surface area contributed by atoms with Gasteiger partial charge in [-0.05, 0) is 50.5 Å². The summed E-state index contributed by atoms with van der Waals surface area (Å²) in [5.74, 6) is 0.247. The molecule has 3 aromatic rings. The summed E-state index contributed by atoms with van der Waals surface area (Å²) in [5, 5.41) is 9.42. The van der Waals surface area contributed by atoms with Crippen LogP contribution in [0.1, 0.15) is 56.5 Å².